The Labute approximate surface area is 92.8 Å². The Morgan fingerprint density at radius 1 is 0.867 bits per heavy atom. The standard InChI is InChI=1S/C12H22N3/c1-2-7-14(8-3-1)12-10-15(9-6-13-12)11-4-5-11/h11-12H,1-10H2. The molecule has 0 bridgehead atoms. The molecule has 3 aliphatic rings. The summed E-state index contributed by atoms with van der Waals surface area (Å²) in [7, 11) is 0. The molecular weight excluding hydrogens is 186 g/mol. The SMILES string of the molecule is C1CCN(C2CN(C3CC3)CC[N]2)CC1. The van der Waals surface area contributed by atoms with Gasteiger partial charge in [-0.05, 0) is 38.8 Å². The molecule has 0 N–H and O–H groups in total. The highest BCUT2D eigenvalue weighted by molar-refractivity contribution is 4.90. The molecule has 1 aliphatic carbocycles. The smallest absolute Gasteiger partial charge is 0.0890 e. The molecule has 1 saturated carbocycles. The molecule has 3 rings (SSSR count). The van der Waals surface area contributed by atoms with Crippen LogP contribution < -0.4 is 5.32 Å². The van der Waals surface area contributed by atoms with Gasteiger partial charge in [-0.3, -0.25) is 9.80 Å². The summed E-state index contributed by atoms with van der Waals surface area (Å²) >= 11 is 0. The topological polar surface area (TPSA) is 20.6 Å². The first-order valence-electron chi connectivity index (χ1n) is 6.58. The first kappa shape index (κ1) is 10.1. The van der Waals surface area contributed by atoms with Crippen molar-refractivity contribution in [3.05, 3.63) is 0 Å². The van der Waals surface area contributed by atoms with Crippen molar-refractivity contribution in [3.63, 3.8) is 0 Å². The van der Waals surface area contributed by atoms with Crippen molar-refractivity contribution in [1.82, 2.24) is 15.1 Å². The molecular formula is C12H22N3. The molecule has 2 saturated heterocycles. The third kappa shape index (κ3) is 2.35. The number of likely N-dealkylation sites (tertiary alicyclic amines) is 1. The Kier molecular flexibility index (Phi) is 2.95. The zero-order chi connectivity index (χ0) is 10.1. The summed E-state index contributed by atoms with van der Waals surface area (Å²) in [4.78, 5) is 5.28. The Balaban J connectivity index is 1.55. The van der Waals surface area contributed by atoms with Crippen LogP contribution in [0.2, 0.25) is 0 Å². The van der Waals surface area contributed by atoms with Gasteiger partial charge in [0.2, 0.25) is 0 Å². The molecule has 3 nitrogen and oxygen atoms in total. The number of piperidine rings is 1. The highest BCUT2D eigenvalue weighted by Crippen LogP contribution is 2.28. The average molecular weight is 208 g/mol. The number of hydrogen-bond acceptors (Lipinski definition) is 2. The predicted molar refractivity (Wildman–Crippen MR) is 60.8 cm³/mol. The first-order valence-corrected chi connectivity index (χ1v) is 6.58. The zero-order valence-electron chi connectivity index (χ0n) is 9.57. The molecule has 3 fully saturated rings. The Bertz CT molecular complexity index is 209. The molecule has 1 radical (unpaired) electrons. The summed E-state index contributed by atoms with van der Waals surface area (Å²) in [6.07, 6.45) is 7.60. The van der Waals surface area contributed by atoms with E-state index in [2.05, 4.69) is 9.80 Å². The van der Waals surface area contributed by atoms with E-state index in [1.165, 1.54) is 58.3 Å². The van der Waals surface area contributed by atoms with E-state index in [4.69, 9.17) is 5.32 Å². The van der Waals surface area contributed by atoms with Crippen LogP contribution >= 0.6 is 0 Å². The second-order valence-corrected chi connectivity index (χ2v) is 5.21. The minimum atomic E-state index is 0.527. The van der Waals surface area contributed by atoms with Gasteiger partial charge in [0.05, 0.1) is 6.17 Å². The van der Waals surface area contributed by atoms with Gasteiger partial charge in [0.1, 0.15) is 0 Å². The summed E-state index contributed by atoms with van der Waals surface area (Å²) < 4.78 is 0. The van der Waals surface area contributed by atoms with Crippen LogP contribution in [-0.2, 0) is 0 Å². The molecule has 1 unspecified atom stereocenters. The predicted octanol–water partition coefficient (Wildman–Crippen LogP) is 0.881. The summed E-state index contributed by atoms with van der Waals surface area (Å²) in [6, 6.07) is 0.924. The van der Waals surface area contributed by atoms with Gasteiger partial charge >= 0.3 is 0 Å². The zero-order valence-corrected chi connectivity index (χ0v) is 9.57. The minimum absolute atomic E-state index is 0.527. The maximum Gasteiger partial charge on any atom is 0.0890 e. The Morgan fingerprint density at radius 3 is 2.40 bits per heavy atom. The number of hydrogen-bond donors (Lipinski definition) is 0. The molecule has 0 spiro atoms. The third-order valence-corrected chi connectivity index (χ3v) is 4.00. The van der Waals surface area contributed by atoms with Gasteiger partial charge in [0.25, 0.3) is 0 Å². The quantitative estimate of drug-likeness (QED) is 0.671. The van der Waals surface area contributed by atoms with Crippen LogP contribution in [0.1, 0.15) is 32.1 Å². The number of piperazine rings is 1. The molecule has 15 heavy (non-hydrogen) atoms. The van der Waals surface area contributed by atoms with Gasteiger partial charge in [-0.25, -0.2) is 5.32 Å². The van der Waals surface area contributed by atoms with E-state index >= 15 is 0 Å². The van der Waals surface area contributed by atoms with Gasteiger partial charge in [-0.2, -0.15) is 0 Å². The van der Waals surface area contributed by atoms with Crippen LogP contribution in [0.5, 0.6) is 0 Å². The van der Waals surface area contributed by atoms with Crippen LogP contribution in [-0.4, -0.2) is 54.7 Å². The summed E-state index contributed by atoms with van der Waals surface area (Å²) in [5.74, 6) is 0. The summed E-state index contributed by atoms with van der Waals surface area (Å²) in [5.41, 5.74) is 0. The molecule has 2 heterocycles. The van der Waals surface area contributed by atoms with E-state index in [9.17, 15) is 0 Å². The molecule has 0 aromatic heterocycles. The molecule has 2 aliphatic heterocycles. The van der Waals surface area contributed by atoms with Gasteiger partial charge in [0.15, 0.2) is 0 Å². The number of nitrogens with zero attached hydrogens (tertiary/aromatic N) is 3. The van der Waals surface area contributed by atoms with Gasteiger partial charge in [-0.15, -0.1) is 0 Å². The Morgan fingerprint density at radius 2 is 1.67 bits per heavy atom. The van der Waals surface area contributed by atoms with Crippen molar-refractivity contribution < 1.29 is 0 Å². The van der Waals surface area contributed by atoms with Crippen LogP contribution in [0.3, 0.4) is 0 Å². The highest BCUT2D eigenvalue weighted by Gasteiger charge is 2.34. The lowest BCUT2D eigenvalue weighted by Crippen LogP contribution is -2.56. The summed E-state index contributed by atoms with van der Waals surface area (Å²) in [6.45, 7) is 6.07. The van der Waals surface area contributed by atoms with Crippen LogP contribution in [0.4, 0.5) is 0 Å². The van der Waals surface area contributed by atoms with E-state index in [0.29, 0.717) is 6.17 Å². The van der Waals surface area contributed by atoms with Crippen LogP contribution in [0.15, 0.2) is 0 Å². The van der Waals surface area contributed by atoms with Crippen molar-refractivity contribution in [1.29, 1.82) is 0 Å². The lowest BCUT2D eigenvalue weighted by molar-refractivity contribution is 0.0630. The molecule has 1 atom stereocenters. The maximum absolute atomic E-state index is 4.80. The molecule has 3 heteroatoms. The van der Waals surface area contributed by atoms with E-state index in [-0.39, 0.29) is 0 Å². The Hall–Kier alpha value is -0.120. The lowest BCUT2D eigenvalue weighted by atomic mass is 10.1. The van der Waals surface area contributed by atoms with Gasteiger partial charge in [0, 0.05) is 25.7 Å². The van der Waals surface area contributed by atoms with E-state index in [0.717, 1.165) is 12.6 Å². The fourth-order valence-corrected chi connectivity index (χ4v) is 2.91. The molecule has 0 aromatic carbocycles. The van der Waals surface area contributed by atoms with Crippen LogP contribution in [0.25, 0.3) is 0 Å². The van der Waals surface area contributed by atoms with E-state index in [1.54, 1.807) is 0 Å². The maximum atomic E-state index is 4.80. The van der Waals surface area contributed by atoms with Crippen molar-refractivity contribution in [3.8, 4) is 0 Å². The van der Waals surface area contributed by atoms with Crippen molar-refractivity contribution in [2.75, 3.05) is 32.7 Å². The van der Waals surface area contributed by atoms with Crippen molar-refractivity contribution in [2.24, 2.45) is 0 Å². The average Bonchev–Trinajstić information content (AvgIpc) is 3.14. The molecule has 0 aromatic rings. The normalized spacial score (nSPS) is 35.6. The molecule has 85 valence electrons. The second-order valence-electron chi connectivity index (χ2n) is 5.21. The van der Waals surface area contributed by atoms with E-state index in [1.807, 2.05) is 0 Å². The largest absolute Gasteiger partial charge is 0.296 e. The first-order chi connectivity index (χ1) is 7.43. The molecule has 0 amide bonds. The van der Waals surface area contributed by atoms with E-state index < -0.39 is 0 Å². The second kappa shape index (κ2) is 4.40. The fourth-order valence-electron chi connectivity index (χ4n) is 2.91. The fraction of sp³-hybridized carbons (Fsp3) is 1.00. The van der Waals surface area contributed by atoms with Gasteiger partial charge in [-0.1, -0.05) is 6.42 Å². The van der Waals surface area contributed by atoms with Crippen molar-refractivity contribution >= 4 is 0 Å². The highest BCUT2D eigenvalue weighted by atomic mass is 15.4. The van der Waals surface area contributed by atoms with Gasteiger partial charge < -0.3 is 0 Å². The number of rotatable bonds is 2. The monoisotopic (exact) mass is 208 g/mol. The third-order valence-electron chi connectivity index (χ3n) is 4.00. The van der Waals surface area contributed by atoms with Crippen molar-refractivity contribution in [2.45, 2.75) is 44.3 Å². The minimum Gasteiger partial charge on any atom is -0.296 e. The summed E-state index contributed by atoms with van der Waals surface area (Å²) in [5, 5.41) is 4.80. The van der Waals surface area contributed by atoms with Crippen LogP contribution in [0, 0.1) is 0 Å². The lowest BCUT2D eigenvalue weighted by Gasteiger charge is -2.40.